The van der Waals surface area contributed by atoms with Crippen molar-refractivity contribution in [1.29, 1.82) is 0 Å². The predicted octanol–water partition coefficient (Wildman–Crippen LogP) is 2.27. The molecule has 2 N–H and O–H groups in total. The number of primary amides is 1. The van der Waals surface area contributed by atoms with Gasteiger partial charge < -0.3 is 5.73 Å². The molecule has 0 saturated heterocycles. The molecule has 1 aromatic rings. The average molecular weight is 347 g/mol. The van der Waals surface area contributed by atoms with Crippen LogP contribution in [0.3, 0.4) is 0 Å². The summed E-state index contributed by atoms with van der Waals surface area (Å²) >= 11 is 6.72. The second-order valence-corrected chi connectivity index (χ2v) is 5.17. The van der Waals surface area contributed by atoms with Crippen LogP contribution in [0.4, 0.5) is 8.78 Å². The third-order valence-corrected chi connectivity index (χ3v) is 2.74. The Morgan fingerprint density at radius 1 is 1.60 bits per heavy atom. The van der Waals surface area contributed by atoms with Crippen LogP contribution in [0.2, 0.25) is 0 Å². The number of carbonyl (C=O) groups excluding carboxylic acids is 1. The Bertz CT molecular complexity index is 387. The number of hydrogen-bond donors (Lipinski definition) is 1. The van der Waals surface area contributed by atoms with Gasteiger partial charge in [0, 0.05) is 18.0 Å². The van der Waals surface area contributed by atoms with Crippen molar-refractivity contribution in [2.45, 2.75) is 9.31 Å². The molecule has 1 heterocycles. The van der Waals surface area contributed by atoms with Gasteiger partial charge in [-0.3, -0.25) is 9.78 Å². The van der Waals surface area contributed by atoms with E-state index in [-0.39, 0.29) is 5.56 Å². The molecule has 15 heavy (non-hydrogen) atoms. The first kappa shape index (κ1) is 12.6. The molecular weight excluding hydrogens is 340 g/mol. The highest BCUT2D eigenvalue weighted by Gasteiger charge is 2.39. The lowest BCUT2D eigenvalue weighted by atomic mass is 10.1. The zero-order valence-corrected chi connectivity index (χ0v) is 10.2. The highest BCUT2D eigenvalue weighted by atomic mass is 127. The third-order valence-electron chi connectivity index (χ3n) is 1.68. The summed E-state index contributed by atoms with van der Waals surface area (Å²) < 4.78 is 25.4. The smallest absolute Gasteiger partial charge is 0.299 e. The van der Waals surface area contributed by atoms with E-state index in [9.17, 15) is 13.6 Å². The number of halogens is 4. The lowest BCUT2D eigenvalue weighted by molar-refractivity contribution is 0.0162. The summed E-state index contributed by atoms with van der Waals surface area (Å²) in [5, 5.41) is 0. The van der Waals surface area contributed by atoms with Gasteiger partial charge in [-0.2, -0.15) is 8.78 Å². The van der Waals surface area contributed by atoms with Gasteiger partial charge in [-0.05, 0) is 6.07 Å². The summed E-state index contributed by atoms with van der Waals surface area (Å²) in [6.07, 6.45) is 2.08. The molecule has 1 atom stereocenters. The molecule has 1 aromatic heterocycles. The van der Waals surface area contributed by atoms with Gasteiger partial charge in [-0.15, -0.1) is 11.6 Å². The number of hydrogen-bond acceptors (Lipinski definition) is 2. The number of nitrogens with zero attached hydrogens (tertiary/aromatic N) is 1. The van der Waals surface area contributed by atoms with Gasteiger partial charge in [0.2, 0.25) is 5.91 Å². The van der Waals surface area contributed by atoms with E-state index < -0.39 is 20.8 Å². The van der Waals surface area contributed by atoms with Crippen LogP contribution < -0.4 is 5.73 Å². The van der Waals surface area contributed by atoms with Crippen LogP contribution in [0.5, 0.6) is 0 Å². The lowest BCUT2D eigenvalue weighted by Crippen LogP contribution is -2.23. The molecule has 1 rings (SSSR count). The van der Waals surface area contributed by atoms with Crippen molar-refractivity contribution < 1.29 is 13.6 Å². The van der Waals surface area contributed by atoms with E-state index in [4.69, 9.17) is 17.3 Å². The Balaban J connectivity index is 3.16. The molecule has 0 aromatic carbocycles. The molecule has 0 fully saturated rings. The molecule has 0 spiro atoms. The SMILES string of the molecule is NC(=O)c1cncc(C(F)(F)C(Cl)I)c1. The van der Waals surface area contributed by atoms with Crippen molar-refractivity contribution >= 4 is 40.1 Å². The van der Waals surface area contributed by atoms with Crippen LogP contribution in [-0.4, -0.2) is 14.3 Å². The fourth-order valence-electron chi connectivity index (χ4n) is 0.883. The summed E-state index contributed by atoms with van der Waals surface area (Å²) in [6, 6.07) is 0.989. The van der Waals surface area contributed by atoms with Crippen molar-refractivity contribution in [3.8, 4) is 0 Å². The monoisotopic (exact) mass is 346 g/mol. The molecule has 0 aliphatic heterocycles. The summed E-state index contributed by atoms with van der Waals surface area (Å²) in [4.78, 5) is 14.3. The van der Waals surface area contributed by atoms with Crippen molar-refractivity contribution in [1.82, 2.24) is 4.98 Å². The standard InChI is InChI=1S/C8H6ClF2IN2O/c9-7(12)8(10,11)5-1-4(6(13)15)2-14-3-5/h1-3,7H,(H2,13,15). The zero-order chi connectivity index (χ0) is 11.6. The Labute approximate surface area is 103 Å². The van der Waals surface area contributed by atoms with Gasteiger partial charge in [0.05, 0.1) is 5.56 Å². The summed E-state index contributed by atoms with van der Waals surface area (Å²) in [5.74, 6) is -4.06. The molecule has 0 saturated carbocycles. The molecule has 7 heteroatoms. The van der Waals surface area contributed by atoms with Crippen LogP contribution in [0, 0.1) is 0 Å². The maximum absolute atomic E-state index is 13.4. The van der Waals surface area contributed by atoms with Gasteiger partial charge >= 0.3 is 0 Å². The molecule has 1 unspecified atom stereocenters. The van der Waals surface area contributed by atoms with Crippen molar-refractivity contribution in [2.75, 3.05) is 0 Å². The van der Waals surface area contributed by atoms with Crippen molar-refractivity contribution in [3.63, 3.8) is 0 Å². The maximum Gasteiger partial charge on any atom is 0.299 e. The van der Waals surface area contributed by atoms with E-state index in [1.165, 1.54) is 22.6 Å². The van der Waals surface area contributed by atoms with Gasteiger partial charge in [0.15, 0.2) is 3.38 Å². The Hall–Kier alpha value is -0.500. The van der Waals surface area contributed by atoms with E-state index in [0.29, 0.717) is 0 Å². The van der Waals surface area contributed by atoms with Gasteiger partial charge in [-0.1, -0.05) is 22.6 Å². The average Bonchev–Trinajstić information content (AvgIpc) is 2.17. The van der Waals surface area contributed by atoms with E-state index in [1.807, 2.05) is 0 Å². The van der Waals surface area contributed by atoms with E-state index in [1.54, 1.807) is 0 Å². The van der Waals surface area contributed by atoms with Crippen LogP contribution in [0.1, 0.15) is 15.9 Å². The maximum atomic E-state index is 13.4. The topological polar surface area (TPSA) is 56.0 Å². The second-order valence-electron chi connectivity index (χ2n) is 2.75. The lowest BCUT2D eigenvalue weighted by Gasteiger charge is -2.17. The third kappa shape index (κ3) is 2.75. The predicted molar refractivity (Wildman–Crippen MR) is 60.3 cm³/mol. The summed E-state index contributed by atoms with van der Waals surface area (Å²) in [5.41, 5.74) is 4.45. The number of nitrogens with two attached hydrogens (primary N) is 1. The first-order valence-corrected chi connectivity index (χ1v) is 5.45. The molecule has 0 radical (unpaired) electrons. The fourth-order valence-corrected chi connectivity index (χ4v) is 1.37. The number of alkyl halides is 4. The van der Waals surface area contributed by atoms with Crippen LogP contribution in [0.25, 0.3) is 0 Å². The molecule has 3 nitrogen and oxygen atoms in total. The molecule has 82 valence electrons. The van der Waals surface area contributed by atoms with Crippen LogP contribution >= 0.6 is 34.2 Å². The number of rotatable bonds is 3. The zero-order valence-electron chi connectivity index (χ0n) is 7.25. The van der Waals surface area contributed by atoms with E-state index in [0.717, 1.165) is 18.5 Å². The van der Waals surface area contributed by atoms with Gasteiger partial charge in [0.25, 0.3) is 5.92 Å². The molecule has 1 amide bonds. The van der Waals surface area contributed by atoms with Crippen LogP contribution in [-0.2, 0) is 5.92 Å². The van der Waals surface area contributed by atoms with Crippen molar-refractivity contribution in [2.24, 2.45) is 5.73 Å². The molecule has 0 aliphatic rings. The summed E-state index contributed by atoms with van der Waals surface area (Å²) in [6.45, 7) is 0. The first-order valence-electron chi connectivity index (χ1n) is 3.77. The van der Waals surface area contributed by atoms with E-state index >= 15 is 0 Å². The number of aromatic nitrogens is 1. The highest BCUT2D eigenvalue weighted by molar-refractivity contribution is 14.1. The number of amides is 1. The number of pyridine rings is 1. The van der Waals surface area contributed by atoms with E-state index in [2.05, 4.69) is 4.98 Å². The number of carbonyl (C=O) groups is 1. The molecular formula is C8H6ClF2IN2O. The quantitative estimate of drug-likeness (QED) is 0.674. The van der Waals surface area contributed by atoms with Gasteiger partial charge in [-0.25, -0.2) is 0 Å². The molecule has 0 bridgehead atoms. The Morgan fingerprint density at radius 2 is 2.20 bits per heavy atom. The first-order chi connectivity index (χ1) is 6.85. The minimum absolute atomic E-state index is 0.0686. The second kappa shape index (κ2) is 4.56. The minimum Gasteiger partial charge on any atom is -0.366 e. The fraction of sp³-hybridized carbons (Fsp3) is 0.250. The normalized spacial score (nSPS) is 13.6. The van der Waals surface area contributed by atoms with Gasteiger partial charge in [0.1, 0.15) is 0 Å². The Morgan fingerprint density at radius 3 is 2.67 bits per heavy atom. The largest absolute Gasteiger partial charge is 0.366 e. The summed E-state index contributed by atoms with van der Waals surface area (Å²) in [7, 11) is 0. The minimum atomic E-state index is -3.25. The molecule has 0 aliphatic carbocycles. The highest BCUT2D eigenvalue weighted by Crippen LogP contribution is 2.38. The van der Waals surface area contributed by atoms with Crippen LogP contribution in [0.15, 0.2) is 18.5 Å². The van der Waals surface area contributed by atoms with Crippen molar-refractivity contribution in [3.05, 3.63) is 29.6 Å². The Kier molecular flexibility index (Phi) is 3.82.